The van der Waals surface area contributed by atoms with Gasteiger partial charge < -0.3 is 10.4 Å². The Balaban J connectivity index is 2.63. The first kappa shape index (κ1) is 12.4. The Bertz CT molecular complexity index is 355. The van der Waals surface area contributed by atoms with Crippen molar-refractivity contribution in [2.45, 2.75) is 39.2 Å². The van der Waals surface area contributed by atoms with Gasteiger partial charge in [-0.05, 0) is 19.4 Å². The van der Waals surface area contributed by atoms with Crippen LogP contribution in [0, 0.1) is 6.92 Å². The van der Waals surface area contributed by atoms with Crippen LogP contribution in [0.15, 0.2) is 12.3 Å². The maximum Gasteiger partial charge on any atom is 0.305 e. The number of aromatic nitrogens is 2. The van der Waals surface area contributed by atoms with Gasteiger partial charge in [0.05, 0.1) is 6.42 Å². The first-order valence-electron chi connectivity index (χ1n) is 5.39. The summed E-state index contributed by atoms with van der Waals surface area (Å²) in [4.78, 5) is 18.8. The number of nitrogens with zero attached hydrogens (tertiary/aromatic N) is 2. The third-order valence-electron chi connectivity index (χ3n) is 2.19. The third-order valence-corrected chi connectivity index (χ3v) is 2.19. The van der Waals surface area contributed by atoms with E-state index in [9.17, 15) is 4.79 Å². The molecule has 0 aliphatic rings. The van der Waals surface area contributed by atoms with E-state index in [0.717, 1.165) is 12.8 Å². The Morgan fingerprint density at radius 1 is 1.62 bits per heavy atom. The van der Waals surface area contributed by atoms with E-state index < -0.39 is 5.97 Å². The molecule has 0 spiro atoms. The quantitative estimate of drug-likeness (QED) is 0.769. The normalized spacial score (nSPS) is 12.1. The van der Waals surface area contributed by atoms with Gasteiger partial charge in [0.25, 0.3) is 0 Å². The van der Waals surface area contributed by atoms with Crippen molar-refractivity contribution >= 4 is 11.8 Å². The van der Waals surface area contributed by atoms with Crippen LogP contribution >= 0.6 is 0 Å². The molecule has 0 radical (unpaired) electrons. The molecule has 1 atom stereocenters. The molecule has 0 saturated heterocycles. The van der Waals surface area contributed by atoms with E-state index in [-0.39, 0.29) is 12.5 Å². The van der Waals surface area contributed by atoms with Crippen LogP contribution in [0.25, 0.3) is 0 Å². The van der Waals surface area contributed by atoms with Crippen LogP contribution in [0.5, 0.6) is 0 Å². The molecule has 5 heteroatoms. The number of rotatable bonds is 6. The minimum Gasteiger partial charge on any atom is -0.481 e. The van der Waals surface area contributed by atoms with Crippen molar-refractivity contribution in [3.63, 3.8) is 0 Å². The summed E-state index contributed by atoms with van der Waals surface area (Å²) in [5, 5.41) is 11.9. The molecule has 5 nitrogen and oxygen atoms in total. The average Bonchev–Trinajstić information content (AvgIpc) is 2.16. The van der Waals surface area contributed by atoms with Crippen molar-refractivity contribution in [1.82, 2.24) is 9.97 Å². The zero-order chi connectivity index (χ0) is 12.0. The molecule has 16 heavy (non-hydrogen) atoms. The Morgan fingerprint density at radius 3 is 2.94 bits per heavy atom. The number of aliphatic carboxylic acids is 1. The predicted octanol–water partition coefficient (Wildman–Crippen LogP) is 1.84. The van der Waals surface area contributed by atoms with Crippen LogP contribution in [0.4, 0.5) is 5.82 Å². The predicted molar refractivity (Wildman–Crippen MR) is 61.3 cm³/mol. The molecule has 0 aliphatic heterocycles. The molecule has 88 valence electrons. The molecular weight excluding hydrogens is 206 g/mol. The van der Waals surface area contributed by atoms with E-state index in [1.807, 2.05) is 6.92 Å². The third kappa shape index (κ3) is 4.25. The lowest BCUT2D eigenvalue weighted by Gasteiger charge is -2.16. The van der Waals surface area contributed by atoms with Crippen LogP contribution in [-0.2, 0) is 4.79 Å². The van der Waals surface area contributed by atoms with Gasteiger partial charge in [-0.15, -0.1) is 0 Å². The molecule has 1 heterocycles. The van der Waals surface area contributed by atoms with E-state index in [1.165, 1.54) is 0 Å². The lowest BCUT2D eigenvalue weighted by atomic mass is 10.1. The van der Waals surface area contributed by atoms with Gasteiger partial charge in [0.1, 0.15) is 11.6 Å². The number of nitrogens with one attached hydrogen (secondary N) is 1. The van der Waals surface area contributed by atoms with Gasteiger partial charge in [0.15, 0.2) is 0 Å². The van der Waals surface area contributed by atoms with Crippen molar-refractivity contribution in [3.8, 4) is 0 Å². The molecule has 1 unspecified atom stereocenters. The Hall–Kier alpha value is -1.65. The Labute approximate surface area is 94.9 Å². The van der Waals surface area contributed by atoms with Crippen LogP contribution < -0.4 is 5.32 Å². The first-order valence-corrected chi connectivity index (χ1v) is 5.39. The zero-order valence-electron chi connectivity index (χ0n) is 9.60. The fourth-order valence-electron chi connectivity index (χ4n) is 1.53. The molecule has 1 rings (SSSR count). The van der Waals surface area contributed by atoms with Crippen molar-refractivity contribution in [3.05, 3.63) is 18.1 Å². The van der Waals surface area contributed by atoms with Crippen molar-refractivity contribution in [2.75, 3.05) is 5.32 Å². The lowest BCUT2D eigenvalue weighted by Crippen LogP contribution is -2.23. The molecule has 0 amide bonds. The topological polar surface area (TPSA) is 75.1 Å². The second kappa shape index (κ2) is 6.05. The van der Waals surface area contributed by atoms with Gasteiger partial charge >= 0.3 is 5.97 Å². The number of carbonyl (C=O) groups is 1. The number of aryl methyl sites for hydroxylation is 1. The van der Waals surface area contributed by atoms with Crippen molar-refractivity contribution in [1.29, 1.82) is 0 Å². The number of anilines is 1. The molecule has 1 aromatic rings. The van der Waals surface area contributed by atoms with E-state index in [0.29, 0.717) is 11.6 Å². The number of carboxylic acid groups (broad SMARTS) is 1. The molecule has 2 N–H and O–H groups in total. The van der Waals surface area contributed by atoms with Gasteiger partial charge in [-0.25, -0.2) is 9.97 Å². The minimum atomic E-state index is -0.795. The van der Waals surface area contributed by atoms with E-state index in [4.69, 9.17) is 5.11 Å². The molecule has 0 fully saturated rings. The van der Waals surface area contributed by atoms with Crippen molar-refractivity contribution in [2.24, 2.45) is 0 Å². The summed E-state index contributed by atoms with van der Waals surface area (Å²) in [6, 6.07) is 1.68. The highest BCUT2D eigenvalue weighted by molar-refractivity contribution is 5.68. The average molecular weight is 223 g/mol. The SMILES string of the molecule is CCCC(CC(=O)O)Nc1ccnc(C)n1. The Kier molecular flexibility index (Phi) is 4.69. The lowest BCUT2D eigenvalue weighted by molar-refractivity contribution is -0.137. The molecule has 0 saturated carbocycles. The smallest absolute Gasteiger partial charge is 0.305 e. The summed E-state index contributed by atoms with van der Waals surface area (Å²) in [6.07, 6.45) is 3.52. The number of carboxylic acids is 1. The van der Waals surface area contributed by atoms with E-state index in [1.54, 1.807) is 19.2 Å². The fourth-order valence-corrected chi connectivity index (χ4v) is 1.53. The zero-order valence-corrected chi connectivity index (χ0v) is 9.60. The molecule has 0 aromatic carbocycles. The standard InChI is InChI=1S/C11H17N3O2/c1-3-4-9(7-11(15)16)14-10-5-6-12-8(2)13-10/h5-6,9H,3-4,7H2,1-2H3,(H,15,16)(H,12,13,14). The summed E-state index contributed by atoms with van der Waals surface area (Å²) in [7, 11) is 0. The first-order chi connectivity index (χ1) is 7.61. The highest BCUT2D eigenvalue weighted by Gasteiger charge is 2.12. The van der Waals surface area contributed by atoms with Crippen LogP contribution in [-0.4, -0.2) is 27.1 Å². The molecule has 0 bridgehead atoms. The summed E-state index contributed by atoms with van der Waals surface area (Å²) < 4.78 is 0. The van der Waals surface area contributed by atoms with Gasteiger partial charge in [-0.2, -0.15) is 0 Å². The monoisotopic (exact) mass is 223 g/mol. The summed E-state index contributed by atoms with van der Waals surface area (Å²) in [6.45, 7) is 3.83. The molecular formula is C11H17N3O2. The van der Waals surface area contributed by atoms with Crippen molar-refractivity contribution < 1.29 is 9.90 Å². The summed E-state index contributed by atoms with van der Waals surface area (Å²) in [5.74, 6) is 0.569. The maximum absolute atomic E-state index is 10.7. The fraction of sp³-hybridized carbons (Fsp3) is 0.545. The molecule has 0 aliphatic carbocycles. The van der Waals surface area contributed by atoms with Crippen LogP contribution in [0.1, 0.15) is 32.0 Å². The van der Waals surface area contributed by atoms with Crippen LogP contribution in [0.3, 0.4) is 0 Å². The van der Waals surface area contributed by atoms with Gasteiger partial charge in [0.2, 0.25) is 0 Å². The maximum atomic E-state index is 10.7. The number of hydrogen-bond donors (Lipinski definition) is 2. The Morgan fingerprint density at radius 2 is 2.38 bits per heavy atom. The summed E-state index contributed by atoms with van der Waals surface area (Å²) in [5.41, 5.74) is 0. The highest BCUT2D eigenvalue weighted by atomic mass is 16.4. The van der Waals surface area contributed by atoms with E-state index >= 15 is 0 Å². The summed E-state index contributed by atoms with van der Waals surface area (Å²) >= 11 is 0. The largest absolute Gasteiger partial charge is 0.481 e. The second-order valence-corrected chi connectivity index (χ2v) is 3.72. The second-order valence-electron chi connectivity index (χ2n) is 3.72. The van der Waals surface area contributed by atoms with Crippen LogP contribution in [0.2, 0.25) is 0 Å². The minimum absolute atomic E-state index is 0.0724. The number of hydrogen-bond acceptors (Lipinski definition) is 4. The van der Waals surface area contributed by atoms with Gasteiger partial charge in [-0.1, -0.05) is 13.3 Å². The van der Waals surface area contributed by atoms with Gasteiger partial charge in [-0.3, -0.25) is 4.79 Å². The molecule has 1 aromatic heterocycles. The van der Waals surface area contributed by atoms with Gasteiger partial charge in [0, 0.05) is 12.2 Å². The van der Waals surface area contributed by atoms with E-state index in [2.05, 4.69) is 15.3 Å². The highest BCUT2D eigenvalue weighted by Crippen LogP contribution is 2.10.